The predicted molar refractivity (Wildman–Crippen MR) is 78.3 cm³/mol. The second-order valence-electron chi connectivity index (χ2n) is 6.86. The predicted octanol–water partition coefficient (Wildman–Crippen LogP) is -5.54. The lowest BCUT2D eigenvalue weighted by atomic mass is 10.5. The van der Waals surface area contributed by atoms with Gasteiger partial charge >= 0.3 is 0 Å². The van der Waals surface area contributed by atoms with Crippen LogP contribution in [0.2, 0.25) is 0 Å². The maximum Gasteiger partial charge on any atom is 0.102 e. The van der Waals surface area contributed by atoms with E-state index in [-0.39, 0.29) is 24.8 Å². The summed E-state index contributed by atoms with van der Waals surface area (Å²) in [6.45, 7) is 6.24. The van der Waals surface area contributed by atoms with E-state index >= 15 is 0 Å². The van der Waals surface area contributed by atoms with Gasteiger partial charge in [0.2, 0.25) is 0 Å². The van der Waals surface area contributed by atoms with E-state index in [4.69, 9.17) is 14.2 Å². The fourth-order valence-corrected chi connectivity index (χ4v) is 1.22. The van der Waals surface area contributed by atoms with Gasteiger partial charge in [-0.25, -0.2) is 0 Å². The van der Waals surface area contributed by atoms with Crippen LogP contribution in [0.5, 0.6) is 0 Å². The molecule has 0 saturated carbocycles. The molecular weight excluding hydrogens is 315 g/mol. The number of quaternary nitrogens is 2. The van der Waals surface area contributed by atoms with E-state index in [9.17, 15) is 0 Å². The van der Waals surface area contributed by atoms with Crippen LogP contribution >= 0.6 is 0 Å². The first-order chi connectivity index (χ1) is 8.71. The minimum absolute atomic E-state index is 0. The molecule has 7 heteroatoms. The minimum atomic E-state index is 0. The number of likely N-dealkylation sites (N-methyl/N-ethyl adjacent to an activating group) is 2. The molecule has 0 aromatic carbocycles. The average molecular weight is 349 g/mol. The van der Waals surface area contributed by atoms with Gasteiger partial charge in [-0.2, -0.15) is 0 Å². The number of hydrogen-bond acceptors (Lipinski definition) is 3. The average Bonchev–Trinajstić information content (AvgIpc) is 2.22. The molecule has 0 rings (SSSR count). The summed E-state index contributed by atoms with van der Waals surface area (Å²) < 4.78 is 18.3. The normalized spacial score (nSPS) is 11.7. The van der Waals surface area contributed by atoms with Crippen LogP contribution in [-0.4, -0.2) is 104 Å². The largest absolute Gasteiger partial charge is 1.00 e. The van der Waals surface area contributed by atoms with Crippen molar-refractivity contribution in [3.8, 4) is 0 Å². The summed E-state index contributed by atoms with van der Waals surface area (Å²) >= 11 is 0. The van der Waals surface area contributed by atoms with Crippen LogP contribution in [0.3, 0.4) is 0 Å². The second-order valence-corrected chi connectivity index (χ2v) is 6.86. The summed E-state index contributed by atoms with van der Waals surface area (Å²) in [6, 6.07) is 0. The van der Waals surface area contributed by atoms with Crippen LogP contribution in [-0.2, 0) is 14.2 Å². The van der Waals surface area contributed by atoms with E-state index in [0.29, 0.717) is 26.4 Å². The molecule has 132 valence electrons. The van der Waals surface area contributed by atoms with E-state index in [1.807, 2.05) is 0 Å². The zero-order valence-electron chi connectivity index (χ0n) is 14.5. The molecule has 21 heavy (non-hydrogen) atoms. The molecule has 0 amide bonds. The Morgan fingerprint density at radius 3 is 0.952 bits per heavy atom. The van der Waals surface area contributed by atoms with E-state index in [2.05, 4.69) is 42.3 Å². The molecule has 0 aromatic rings. The Kier molecular flexibility index (Phi) is 17.5. The first-order valence-corrected chi connectivity index (χ1v) is 7.05. The molecule has 0 atom stereocenters. The Labute approximate surface area is 143 Å². The Hall–Kier alpha value is 0.380. The molecule has 0 unspecified atom stereocenters. The van der Waals surface area contributed by atoms with Gasteiger partial charge in [0.1, 0.15) is 13.1 Å². The minimum Gasteiger partial charge on any atom is -1.00 e. The van der Waals surface area contributed by atoms with Gasteiger partial charge in [0.25, 0.3) is 0 Å². The Morgan fingerprint density at radius 2 is 0.714 bits per heavy atom. The van der Waals surface area contributed by atoms with Gasteiger partial charge in [0.05, 0.1) is 81.9 Å². The van der Waals surface area contributed by atoms with Crippen molar-refractivity contribution in [2.24, 2.45) is 0 Å². The molecule has 0 aliphatic rings. The summed E-state index contributed by atoms with van der Waals surface area (Å²) in [7, 11) is 13.0. The zero-order chi connectivity index (χ0) is 14.8. The van der Waals surface area contributed by atoms with Crippen molar-refractivity contribution in [2.45, 2.75) is 0 Å². The molecule has 0 aromatic heterocycles. The number of hydrogen-bond donors (Lipinski definition) is 0. The molecular formula is C14H34Cl2N2O3. The summed E-state index contributed by atoms with van der Waals surface area (Å²) in [4.78, 5) is 0. The van der Waals surface area contributed by atoms with Crippen molar-refractivity contribution in [3.63, 3.8) is 0 Å². The van der Waals surface area contributed by atoms with Crippen molar-refractivity contribution in [3.05, 3.63) is 0 Å². The highest BCUT2D eigenvalue weighted by molar-refractivity contribution is 4.35. The molecule has 0 bridgehead atoms. The number of nitrogens with zero attached hydrogens (tertiary/aromatic N) is 2. The highest BCUT2D eigenvalue weighted by Crippen LogP contribution is 1.91. The quantitative estimate of drug-likeness (QED) is 0.260. The SMILES string of the molecule is C[N+](C)(C)CCOCCOCCOCC[N+](C)(C)C.[Cl-].[Cl-]. The topological polar surface area (TPSA) is 27.7 Å². The van der Waals surface area contributed by atoms with Crippen LogP contribution in [0, 0.1) is 0 Å². The summed E-state index contributed by atoms with van der Waals surface area (Å²) in [6.07, 6.45) is 0. The zero-order valence-corrected chi connectivity index (χ0v) is 16.0. The third kappa shape index (κ3) is 25.7. The fraction of sp³-hybridized carbons (Fsp3) is 1.00. The lowest BCUT2D eigenvalue weighted by molar-refractivity contribution is -0.870. The molecule has 0 aliphatic heterocycles. The second kappa shape index (κ2) is 14.0. The van der Waals surface area contributed by atoms with Crippen LogP contribution in [0.15, 0.2) is 0 Å². The van der Waals surface area contributed by atoms with Crippen LogP contribution < -0.4 is 24.8 Å². The van der Waals surface area contributed by atoms with Gasteiger partial charge in [-0.05, 0) is 0 Å². The van der Waals surface area contributed by atoms with Crippen molar-refractivity contribution >= 4 is 0 Å². The van der Waals surface area contributed by atoms with Crippen LogP contribution in [0.25, 0.3) is 0 Å². The lowest BCUT2D eigenvalue weighted by Gasteiger charge is -2.23. The van der Waals surface area contributed by atoms with Crippen LogP contribution in [0.1, 0.15) is 0 Å². The van der Waals surface area contributed by atoms with Crippen molar-refractivity contribution in [1.29, 1.82) is 0 Å². The third-order valence-electron chi connectivity index (χ3n) is 2.56. The smallest absolute Gasteiger partial charge is 0.102 e. The standard InChI is InChI=1S/C14H34N2O3.2ClH/c1-15(2,3)7-9-17-11-13-19-14-12-18-10-8-16(4,5)6;;/h7-14H2,1-6H3;2*1H/q+2;;/p-2. The van der Waals surface area contributed by atoms with Crippen molar-refractivity contribution in [1.82, 2.24) is 0 Å². The summed E-state index contributed by atoms with van der Waals surface area (Å²) in [5, 5.41) is 0. The maximum atomic E-state index is 5.50. The van der Waals surface area contributed by atoms with Gasteiger partial charge in [0.15, 0.2) is 0 Å². The monoisotopic (exact) mass is 348 g/mol. The molecule has 0 spiro atoms. The summed E-state index contributed by atoms with van der Waals surface area (Å²) in [5.74, 6) is 0. The summed E-state index contributed by atoms with van der Waals surface area (Å²) in [5.41, 5.74) is 0. The van der Waals surface area contributed by atoms with E-state index in [1.165, 1.54) is 0 Å². The van der Waals surface area contributed by atoms with Gasteiger partial charge in [-0.3, -0.25) is 0 Å². The van der Waals surface area contributed by atoms with Crippen LogP contribution in [0.4, 0.5) is 0 Å². The van der Waals surface area contributed by atoms with E-state index in [1.54, 1.807) is 0 Å². The Morgan fingerprint density at radius 1 is 0.476 bits per heavy atom. The molecule has 0 fully saturated rings. The Balaban J connectivity index is -0.00000162. The van der Waals surface area contributed by atoms with Crippen molar-refractivity contribution in [2.75, 3.05) is 95.0 Å². The lowest BCUT2D eigenvalue weighted by Crippen LogP contribution is -3.00. The number of ether oxygens (including phenoxy) is 3. The number of rotatable bonds is 12. The van der Waals surface area contributed by atoms with E-state index < -0.39 is 0 Å². The molecule has 0 heterocycles. The first kappa shape index (κ1) is 26.3. The van der Waals surface area contributed by atoms with Gasteiger partial charge in [-0.15, -0.1) is 0 Å². The molecule has 0 aliphatic carbocycles. The highest BCUT2D eigenvalue weighted by Gasteiger charge is 2.06. The highest BCUT2D eigenvalue weighted by atomic mass is 35.5. The van der Waals surface area contributed by atoms with E-state index in [0.717, 1.165) is 35.3 Å². The number of halogens is 2. The van der Waals surface area contributed by atoms with Crippen molar-refractivity contribution < 1.29 is 48.0 Å². The van der Waals surface area contributed by atoms with Gasteiger partial charge in [0, 0.05) is 0 Å². The third-order valence-corrected chi connectivity index (χ3v) is 2.56. The molecule has 0 radical (unpaired) electrons. The molecule has 0 saturated heterocycles. The Bertz CT molecular complexity index is 197. The molecule has 5 nitrogen and oxygen atoms in total. The molecule has 0 N–H and O–H groups in total. The first-order valence-electron chi connectivity index (χ1n) is 7.05. The fourth-order valence-electron chi connectivity index (χ4n) is 1.22. The van der Waals surface area contributed by atoms with Gasteiger partial charge < -0.3 is 48.0 Å². The maximum absolute atomic E-state index is 5.50. The van der Waals surface area contributed by atoms with Gasteiger partial charge in [-0.1, -0.05) is 0 Å².